The maximum absolute atomic E-state index is 10.7. The molecule has 4 heteroatoms. The van der Waals surface area contributed by atoms with Gasteiger partial charge in [0.15, 0.2) is 0 Å². The topological polar surface area (TPSA) is 66.8 Å². The van der Waals surface area contributed by atoms with Gasteiger partial charge in [-0.25, -0.2) is 4.79 Å². The highest BCUT2D eigenvalue weighted by atomic mass is 16.5. The van der Waals surface area contributed by atoms with E-state index >= 15 is 0 Å². The van der Waals surface area contributed by atoms with Crippen LogP contribution in [0.1, 0.15) is 70.3 Å². The normalized spacial score (nSPS) is 24.0. The van der Waals surface area contributed by atoms with Gasteiger partial charge in [0.05, 0.1) is 12.7 Å². The molecule has 2 N–H and O–H groups in total. The molecule has 2 aliphatic carbocycles. The van der Waals surface area contributed by atoms with Crippen LogP contribution in [0.3, 0.4) is 0 Å². The van der Waals surface area contributed by atoms with E-state index in [0.29, 0.717) is 6.61 Å². The molecule has 182 valence electrons. The molecule has 0 bridgehead atoms. The SMILES string of the molecule is CC1(/C=C/C=C/[C@H](O)CC2(CC#Cc3ccccc3)CCC2)CCCC/C1=C\COCC(=O)O. The standard InChI is InChI=1S/C30H38O4/c1-29(17-7-5-14-26(29)16-22-34-24-28(32)33)18-8-6-15-27(31)23-30(20-10-21-30)19-9-13-25-11-3-2-4-12-25/h2-4,6,8,11-12,15-16,18,27,31H,5,7,10,14,17,19-24H2,1H3,(H,32,33)/b15-6+,18-8+,26-16+/t27-,29?/m0/s1. The molecule has 0 saturated heterocycles. The van der Waals surface area contributed by atoms with Crippen LogP contribution in [0.5, 0.6) is 0 Å². The smallest absolute Gasteiger partial charge is 0.329 e. The Balaban J connectivity index is 1.52. The van der Waals surface area contributed by atoms with E-state index in [2.05, 4.69) is 24.8 Å². The molecule has 1 aromatic rings. The third-order valence-electron chi connectivity index (χ3n) is 7.23. The van der Waals surface area contributed by atoms with Gasteiger partial charge in [0.25, 0.3) is 0 Å². The van der Waals surface area contributed by atoms with Crippen molar-refractivity contribution < 1.29 is 19.7 Å². The van der Waals surface area contributed by atoms with Crippen LogP contribution in [-0.4, -0.2) is 35.5 Å². The van der Waals surface area contributed by atoms with E-state index in [1.807, 2.05) is 54.6 Å². The molecule has 2 saturated carbocycles. The summed E-state index contributed by atoms with van der Waals surface area (Å²) in [5.74, 6) is 5.66. The number of aliphatic hydroxyl groups excluding tert-OH is 1. The number of carboxylic acids is 1. The van der Waals surface area contributed by atoms with Crippen molar-refractivity contribution in [3.63, 3.8) is 0 Å². The lowest BCUT2D eigenvalue weighted by Crippen LogP contribution is -2.32. The predicted molar refractivity (Wildman–Crippen MR) is 136 cm³/mol. The third-order valence-corrected chi connectivity index (χ3v) is 7.23. The molecular formula is C30H38O4. The van der Waals surface area contributed by atoms with Crippen molar-refractivity contribution in [2.24, 2.45) is 10.8 Å². The molecule has 0 aliphatic heterocycles. The zero-order valence-electron chi connectivity index (χ0n) is 20.3. The van der Waals surface area contributed by atoms with E-state index < -0.39 is 12.1 Å². The molecule has 2 atom stereocenters. The Morgan fingerprint density at radius 2 is 1.94 bits per heavy atom. The van der Waals surface area contributed by atoms with Gasteiger partial charge in [-0.05, 0) is 56.1 Å². The molecule has 2 aliphatic rings. The Morgan fingerprint density at radius 1 is 1.15 bits per heavy atom. The first-order valence-corrected chi connectivity index (χ1v) is 12.5. The highest BCUT2D eigenvalue weighted by Gasteiger charge is 2.37. The summed E-state index contributed by atoms with van der Waals surface area (Å²) in [4.78, 5) is 10.6. The Bertz CT molecular complexity index is 943. The fourth-order valence-corrected chi connectivity index (χ4v) is 5.04. The number of hydrogen-bond acceptors (Lipinski definition) is 3. The number of allylic oxidation sites excluding steroid dienone is 4. The zero-order chi connectivity index (χ0) is 24.3. The van der Waals surface area contributed by atoms with Crippen LogP contribution < -0.4 is 0 Å². The molecular weight excluding hydrogens is 424 g/mol. The summed E-state index contributed by atoms with van der Waals surface area (Å²) in [7, 11) is 0. The fourth-order valence-electron chi connectivity index (χ4n) is 5.04. The molecule has 3 rings (SSSR count). The average Bonchev–Trinajstić information content (AvgIpc) is 2.79. The van der Waals surface area contributed by atoms with Gasteiger partial charge < -0.3 is 14.9 Å². The monoisotopic (exact) mass is 462 g/mol. The van der Waals surface area contributed by atoms with Crippen molar-refractivity contribution in [2.75, 3.05) is 13.2 Å². The maximum atomic E-state index is 10.7. The van der Waals surface area contributed by atoms with Gasteiger partial charge in [0, 0.05) is 17.4 Å². The molecule has 4 nitrogen and oxygen atoms in total. The van der Waals surface area contributed by atoms with Gasteiger partial charge in [0.2, 0.25) is 0 Å². The largest absolute Gasteiger partial charge is 0.480 e. The van der Waals surface area contributed by atoms with E-state index in [-0.39, 0.29) is 17.4 Å². The quantitative estimate of drug-likeness (QED) is 0.192. The summed E-state index contributed by atoms with van der Waals surface area (Å²) in [6.07, 6.45) is 19.2. The van der Waals surface area contributed by atoms with Crippen LogP contribution in [0, 0.1) is 22.7 Å². The predicted octanol–water partition coefficient (Wildman–Crippen LogP) is 6.07. The number of benzene rings is 1. The fraction of sp³-hybridized carbons (Fsp3) is 0.500. The lowest BCUT2D eigenvalue weighted by Gasteiger charge is -2.41. The minimum absolute atomic E-state index is 0.0532. The van der Waals surface area contributed by atoms with Crippen molar-refractivity contribution >= 4 is 5.97 Å². The summed E-state index contributed by atoms with van der Waals surface area (Å²) >= 11 is 0. The number of aliphatic hydroxyl groups is 1. The first kappa shape index (κ1) is 26.0. The Labute approximate surface area is 204 Å². The molecule has 0 radical (unpaired) electrons. The van der Waals surface area contributed by atoms with E-state index in [0.717, 1.165) is 50.5 Å². The van der Waals surface area contributed by atoms with Crippen molar-refractivity contribution in [2.45, 2.75) is 70.8 Å². The van der Waals surface area contributed by atoms with Crippen LogP contribution in [0.2, 0.25) is 0 Å². The Morgan fingerprint density at radius 3 is 2.65 bits per heavy atom. The van der Waals surface area contributed by atoms with Crippen molar-refractivity contribution in [1.82, 2.24) is 0 Å². The number of carbonyl (C=O) groups is 1. The molecule has 0 amide bonds. The third kappa shape index (κ3) is 8.01. The molecule has 1 aromatic carbocycles. The molecule has 1 unspecified atom stereocenters. The zero-order valence-corrected chi connectivity index (χ0v) is 20.3. The van der Waals surface area contributed by atoms with Crippen LogP contribution >= 0.6 is 0 Å². The summed E-state index contributed by atoms with van der Waals surface area (Å²) < 4.78 is 5.21. The Kier molecular flexibility index (Phi) is 9.74. The van der Waals surface area contributed by atoms with Gasteiger partial charge in [0.1, 0.15) is 6.61 Å². The van der Waals surface area contributed by atoms with E-state index in [1.165, 1.54) is 18.4 Å². The highest BCUT2D eigenvalue weighted by Crippen LogP contribution is 2.47. The highest BCUT2D eigenvalue weighted by molar-refractivity contribution is 5.68. The minimum Gasteiger partial charge on any atom is -0.480 e. The van der Waals surface area contributed by atoms with Crippen molar-refractivity contribution in [3.8, 4) is 11.8 Å². The number of hydrogen-bond donors (Lipinski definition) is 2. The van der Waals surface area contributed by atoms with Crippen LogP contribution in [0.15, 0.2) is 66.3 Å². The first-order valence-electron chi connectivity index (χ1n) is 12.5. The van der Waals surface area contributed by atoms with Gasteiger partial charge >= 0.3 is 5.97 Å². The van der Waals surface area contributed by atoms with Crippen molar-refractivity contribution in [1.29, 1.82) is 0 Å². The molecule has 0 heterocycles. The van der Waals surface area contributed by atoms with Gasteiger partial charge in [-0.3, -0.25) is 0 Å². The minimum atomic E-state index is -0.944. The van der Waals surface area contributed by atoms with Crippen molar-refractivity contribution in [3.05, 3.63) is 71.8 Å². The van der Waals surface area contributed by atoms with E-state index in [1.54, 1.807) is 0 Å². The molecule has 0 spiro atoms. The molecule has 2 fully saturated rings. The van der Waals surface area contributed by atoms with Gasteiger partial charge in [-0.2, -0.15) is 0 Å². The second-order valence-electron chi connectivity index (χ2n) is 9.98. The summed E-state index contributed by atoms with van der Waals surface area (Å²) in [6, 6.07) is 10.1. The maximum Gasteiger partial charge on any atom is 0.329 e. The number of aliphatic carboxylic acids is 1. The molecule has 0 aromatic heterocycles. The lowest BCUT2D eigenvalue weighted by atomic mass is 9.64. The van der Waals surface area contributed by atoms with Crippen LogP contribution in [-0.2, 0) is 9.53 Å². The van der Waals surface area contributed by atoms with Gasteiger partial charge in [-0.1, -0.05) is 85.8 Å². The average molecular weight is 463 g/mol. The van der Waals surface area contributed by atoms with E-state index in [9.17, 15) is 9.90 Å². The summed E-state index contributed by atoms with van der Waals surface area (Å²) in [6.45, 7) is 2.29. The number of rotatable bonds is 10. The summed E-state index contributed by atoms with van der Waals surface area (Å²) in [5.41, 5.74) is 2.43. The number of carboxylic acid groups (broad SMARTS) is 1. The van der Waals surface area contributed by atoms with Crippen LogP contribution in [0.25, 0.3) is 0 Å². The second-order valence-corrected chi connectivity index (χ2v) is 9.98. The summed E-state index contributed by atoms with van der Waals surface area (Å²) in [5, 5.41) is 19.4. The first-order chi connectivity index (χ1) is 16.4. The second kappa shape index (κ2) is 12.7. The Hall–Kier alpha value is -2.61. The number of ether oxygens (including phenoxy) is 1. The van der Waals surface area contributed by atoms with E-state index in [4.69, 9.17) is 9.84 Å². The molecule has 34 heavy (non-hydrogen) atoms. The lowest BCUT2D eigenvalue weighted by molar-refractivity contribution is -0.141. The van der Waals surface area contributed by atoms with Gasteiger partial charge in [-0.15, -0.1) is 0 Å². The van der Waals surface area contributed by atoms with Crippen LogP contribution in [0.4, 0.5) is 0 Å².